The number of pyridine rings is 2. The van der Waals surface area contributed by atoms with E-state index in [9.17, 15) is 0 Å². The molecule has 0 unspecified atom stereocenters. The van der Waals surface area contributed by atoms with E-state index in [4.69, 9.17) is 0 Å². The smallest absolute Gasteiger partial charge is 0.168 e. The van der Waals surface area contributed by atoms with Crippen LogP contribution in [0, 0.1) is 6.92 Å². The van der Waals surface area contributed by atoms with Crippen LogP contribution in [0.3, 0.4) is 0 Å². The fourth-order valence-corrected chi connectivity index (χ4v) is 1.06. The molecule has 2 nitrogen and oxygen atoms in total. The predicted octanol–water partition coefficient (Wildman–Crippen LogP) is 1.33. The van der Waals surface area contributed by atoms with Gasteiger partial charge in [-0.05, 0) is 12.5 Å². The van der Waals surface area contributed by atoms with Gasteiger partial charge in [0.1, 0.15) is 14.1 Å². The molecule has 78 valence electrons. The summed E-state index contributed by atoms with van der Waals surface area (Å²) in [5, 5.41) is 0. The van der Waals surface area contributed by atoms with Crippen LogP contribution in [-0.2, 0) is 14.1 Å². The van der Waals surface area contributed by atoms with Gasteiger partial charge in [0.15, 0.2) is 24.8 Å². The molecule has 0 bridgehead atoms. The lowest BCUT2D eigenvalue weighted by Gasteiger charge is -1.85. The van der Waals surface area contributed by atoms with Gasteiger partial charge in [0, 0.05) is 24.3 Å². The van der Waals surface area contributed by atoms with E-state index in [2.05, 4.69) is 19.1 Å². The summed E-state index contributed by atoms with van der Waals surface area (Å²) in [6.07, 6.45) is 8.07. The zero-order valence-corrected chi connectivity index (χ0v) is 9.59. The van der Waals surface area contributed by atoms with Crippen LogP contribution in [0.1, 0.15) is 5.56 Å². The fourth-order valence-electron chi connectivity index (χ4n) is 1.06. The van der Waals surface area contributed by atoms with E-state index >= 15 is 0 Å². The van der Waals surface area contributed by atoms with Gasteiger partial charge < -0.3 is 0 Å². The molecule has 0 spiro atoms. The highest BCUT2D eigenvalue weighted by molar-refractivity contribution is 5.02. The van der Waals surface area contributed by atoms with E-state index in [1.165, 1.54) is 5.56 Å². The Bertz CT molecular complexity index is 358. The third-order valence-electron chi connectivity index (χ3n) is 2.01. The van der Waals surface area contributed by atoms with E-state index in [1.54, 1.807) is 0 Å². The summed E-state index contributed by atoms with van der Waals surface area (Å²) in [6, 6.07) is 10.2. The first-order chi connectivity index (χ1) is 7.18. The van der Waals surface area contributed by atoms with Crippen molar-refractivity contribution in [1.82, 2.24) is 0 Å². The highest BCUT2D eigenvalue weighted by atomic mass is 14.9. The van der Waals surface area contributed by atoms with Crippen LogP contribution in [0.2, 0.25) is 0 Å². The number of nitrogens with zero attached hydrogens (tertiary/aromatic N) is 2. The Morgan fingerprint density at radius 2 is 1.20 bits per heavy atom. The summed E-state index contributed by atoms with van der Waals surface area (Å²) >= 11 is 0. The zero-order valence-electron chi connectivity index (χ0n) is 9.59. The summed E-state index contributed by atoms with van der Waals surface area (Å²) < 4.78 is 4.02. The molecule has 0 aliphatic carbocycles. The van der Waals surface area contributed by atoms with Gasteiger partial charge in [-0.15, -0.1) is 0 Å². The Kier molecular flexibility index (Phi) is 4.48. The lowest BCUT2D eigenvalue weighted by Crippen LogP contribution is -2.25. The van der Waals surface area contributed by atoms with Crippen molar-refractivity contribution in [2.45, 2.75) is 6.92 Å². The molecular formula is C13H18N2+2. The molecule has 2 aromatic heterocycles. The van der Waals surface area contributed by atoms with Crippen molar-refractivity contribution in [3.05, 3.63) is 60.7 Å². The summed E-state index contributed by atoms with van der Waals surface area (Å²) in [5.74, 6) is 0. The molecule has 2 rings (SSSR count). The molecule has 2 heteroatoms. The summed E-state index contributed by atoms with van der Waals surface area (Å²) in [7, 11) is 4.01. The number of aromatic nitrogens is 2. The molecule has 0 saturated heterocycles. The van der Waals surface area contributed by atoms with Crippen molar-refractivity contribution in [1.29, 1.82) is 0 Å². The minimum Gasteiger partial charge on any atom is -0.208 e. The first kappa shape index (κ1) is 11.4. The van der Waals surface area contributed by atoms with Gasteiger partial charge in [0.25, 0.3) is 0 Å². The quantitative estimate of drug-likeness (QED) is 0.569. The van der Waals surface area contributed by atoms with Crippen LogP contribution >= 0.6 is 0 Å². The molecule has 0 aliphatic heterocycles. The number of hydrogen-bond donors (Lipinski definition) is 0. The van der Waals surface area contributed by atoms with Gasteiger partial charge in [-0.25, -0.2) is 9.13 Å². The average Bonchev–Trinajstić information content (AvgIpc) is 2.25. The van der Waals surface area contributed by atoms with E-state index in [0.29, 0.717) is 0 Å². The molecule has 2 heterocycles. The molecule has 0 aliphatic rings. The molecule has 15 heavy (non-hydrogen) atoms. The highest BCUT2D eigenvalue weighted by Crippen LogP contribution is 1.87. The molecule has 0 amide bonds. The summed E-state index contributed by atoms with van der Waals surface area (Å²) in [6.45, 7) is 2.08. The van der Waals surface area contributed by atoms with Crippen molar-refractivity contribution in [3.8, 4) is 0 Å². The third-order valence-corrected chi connectivity index (χ3v) is 2.01. The van der Waals surface area contributed by atoms with Gasteiger partial charge in [-0.3, -0.25) is 0 Å². The molecule has 0 atom stereocenters. The standard InChI is InChI=1S/C7H10N.C6H8N/c1-7-3-5-8(2)6-4-7;1-7-5-3-2-4-6-7/h3-6H,1-2H3;2-6H,1H3/q2*+1. The Labute approximate surface area is 91.4 Å². The van der Waals surface area contributed by atoms with Crippen LogP contribution in [0.15, 0.2) is 55.1 Å². The SMILES string of the molecule is C[n+]1ccccc1.Cc1cc[n+](C)cc1. The normalized spacial score (nSPS) is 9.00. The van der Waals surface area contributed by atoms with Crippen LogP contribution < -0.4 is 9.13 Å². The fraction of sp³-hybridized carbons (Fsp3) is 0.231. The largest absolute Gasteiger partial charge is 0.208 e. The average molecular weight is 202 g/mol. The van der Waals surface area contributed by atoms with Crippen LogP contribution in [0.4, 0.5) is 0 Å². The maximum absolute atomic E-state index is 2.08. The maximum atomic E-state index is 2.08. The lowest BCUT2D eigenvalue weighted by atomic mass is 10.3. The number of hydrogen-bond acceptors (Lipinski definition) is 0. The third kappa shape index (κ3) is 4.91. The number of rotatable bonds is 0. The van der Waals surface area contributed by atoms with Crippen LogP contribution in [0.5, 0.6) is 0 Å². The van der Waals surface area contributed by atoms with Gasteiger partial charge >= 0.3 is 0 Å². The van der Waals surface area contributed by atoms with Crippen LogP contribution in [-0.4, -0.2) is 0 Å². The molecular weight excluding hydrogens is 184 g/mol. The van der Waals surface area contributed by atoms with Crippen molar-refractivity contribution < 1.29 is 9.13 Å². The number of aryl methyl sites for hydroxylation is 3. The Morgan fingerprint density at radius 1 is 0.733 bits per heavy atom. The Morgan fingerprint density at radius 3 is 1.53 bits per heavy atom. The molecule has 0 saturated carbocycles. The van der Waals surface area contributed by atoms with Crippen LogP contribution in [0.25, 0.3) is 0 Å². The summed E-state index contributed by atoms with van der Waals surface area (Å²) in [4.78, 5) is 0. The van der Waals surface area contributed by atoms with E-state index in [1.807, 2.05) is 66.2 Å². The topological polar surface area (TPSA) is 7.76 Å². The molecule has 2 aromatic rings. The molecule has 0 fully saturated rings. The predicted molar refractivity (Wildman–Crippen MR) is 60.0 cm³/mol. The van der Waals surface area contributed by atoms with Crippen molar-refractivity contribution in [2.24, 2.45) is 14.1 Å². The monoisotopic (exact) mass is 202 g/mol. The van der Waals surface area contributed by atoms with Gasteiger partial charge in [0.05, 0.1) is 0 Å². The minimum absolute atomic E-state index is 1.31. The van der Waals surface area contributed by atoms with Gasteiger partial charge in [0.2, 0.25) is 0 Å². The van der Waals surface area contributed by atoms with E-state index in [-0.39, 0.29) is 0 Å². The van der Waals surface area contributed by atoms with Gasteiger partial charge in [-0.1, -0.05) is 6.07 Å². The van der Waals surface area contributed by atoms with E-state index in [0.717, 1.165) is 0 Å². The van der Waals surface area contributed by atoms with Gasteiger partial charge in [-0.2, -0.15) is 0 Å². The zero-order chi connectivity index (χ0) is 11.1. The second-order valence-electron chi connectivity index (χ2n) is 3.58. The molecule has 0 radical (unpaired) electrons. The first-order valence-corrected chi connectivity index (χ1v) is 5.00. The summed E-state index contributed by atoms with van der Waals surface area (Å²) in [5.41, 5.74) is 1.31. The van der Waals surface area contributed by atoms with Crippen molar-refractivity contribution >= 4 is 0 Å². The molecule has 0 N–H and O–H groups in total. The molecule has 0 aromatic carbocycles. The lowest BCUT2D eigenvalue weighted by molar-refractivity contribution is -0.671. The van der Waals surface area contributed by atoms with E-state index < -0.39 is 0 Å². The Balaban J connectivity index is 0.000000151. The van der Waals surface area contributed by atoms with Crippen molar-refractivity contribution in [3.63, 3.8) is 0 Å². The van der Waals surface area contributed by atoms with Crippen molar-refractivity contribution in [2.75, 3.05) is 0 Å². The maximum Gasteiger partial charge on any atom is 0.168 e. The highest BCUT2D eigenvalue weighted by Gasteiger charge is 1.85. The Hall–Kier alpha value is -1.70. The second kappa shape index (κ2) is 5.91. The second-order valence-corrected chi connectivity index (χ2v) is 3.58. The first-order valence-electron chi connectivity index (χ1n) is 5.00. The minimum atomic E-state index is 1.31.